The molecule has 0 fully saturated rings. The molecule has 2 rings (SSSR count). The van der Waals surface area contributed by atoms with E-state index in [1.165, 1.54) is 19.2 Å². The first kappa shape index (κ1) is 18.0. The van der Waals surface area contributed by atoms with Crippen molar-refractivity contribution in [3.8, 4) is 5.75 Å². The Morgan fingerprint density at radius 3 is 2.17 bits per heavy atom. The number of benzene rings is 2. The summed E-state index contributed by atoms with van der Waals surface area (Å²) in [6.45, 7) is 1.81. The quantitative estimate of drug-likeness (QED) is 0.434. The molecule has 0 N–H and O–H groups in total. The predicted molar refractivity (Wildman–Crippen MR) is 87.6 cm³/mol. The van der Waals surface area contributed by atoms with Crippen LogP contribution < -0.4 is 4.74 Å². The number of carbonyl (C=O) groups excluding carboxylic acids is 1. The minimum Gasteiger partial charge on any atom is -0.491 e. The fraction of sp³-hybridized carbons (Fsp3) is 0.235. The number of hydrogen-bond acceptors (Lipinski definition) is 6. The summed E-state index contributed by atoms with van der Waals surface area (Å²) >= 11 is 0. The topological polar surface area (TPSA) is 78.9 Å². The van der Waals surface area contributed by atoms with Gasteiger partial charge in [-0.15, -0.1) is 0 Å². The van der Waals surface area contributed by atoms with Gasteiger partial charge >= 0.3 is 5.97 Å². The number of aryl methyl sites for hydroxylation is 1. The summed E-state index contributed by atoms with van der Waals surface area (Å²) in [4.78, 5) is 11.4. The van der Waals surface area contributed by atoms with Gasteiger partial charge in [0.05, 0.1) is 17.6 Å². The van der Waals surface area contributed by atoms with Gasteiger partial charge in [0, 0.05) is 0 Å². The van der Waals surface area contributed by atoms with Crippen LogP contribution in [0.25, 0.3) is 0 Å². The Morgan fingerprint density at radius 2 is 1.58 bits per heavy atom. The van der Waals surface area contributed by atoms with E-state index >= 15 is 0 Å². The third-order valence-electron chi connectivity index (χ3n) is 3.18. The molecule has 7 heteroatoms. The van der Waals surface area contributed by atoms with Crippen LogP contribution in [-0.2, 0) is 19.0 Å². The predicted octanol–water partition coefficient (Wildman–Crippen LogP) is 2.57. The van der Waals surface area contributed by atoms with E-state index in [9.17, 15) is 13.2 Å². The number of hydrogen-bond donors (Lipinski definition) is 0. The smallest absolute Gasteiger partial charge is 0.337 e. The van der Waals surface area contributed by atoms with E-state index in [0.29, 0.717) is 11.3 Å². The highest BCUT2D eigenvalue weighted by atomic mass is 32.2. The molecule has 0 saturated carbocycles. The molecule has 6 nitrogen and oxygen atoms in total. The normalized spacial score (nSPS) is 11.1. The van der Waals surface area contributed by atoms with Gasteiger partial charge in [-0.1, -0.05) is 17.7 Å². The van der Waals surface area contributed by atoms with Crippen molar-refractivity contribution < 1.29 is 26.9 Å². The largest absolute Gasteiger partial charge is 0.491 e. The van der Waals surface area contributed by atoms with Crippen LogP contribution in [0.2, 0.25) is 0 Å². The van der Waals surface area contributed by atoms with Crippen molar-refractivity contribution in [3.63, 3.8) is 0 Å². The molecule has 0 saturated heterocycles. The van der Waals surface area contributed by atoms with Crippen LogP contribution in [0.1, 0.15) is 15.9 Å². The number of ether oxygens (including phenoxy) is 2. The Hall–Kier alpha value is -2.38. The number of esters is 1. The molecule has 128 valence electrons. The monoisotopic (exact) mass is 350 g/mol. The van der Waals surface area contributed by atoms with Crippen molar-refractivity contribution in [2.45, 2.75) is 11.8 Å². The average molecular weight is 350 g/mol. The Kier molecular flexibility index (Phi) is 5.94. The van der Waals surface area contributed by atoms with Gasteiger partial charge in [-0.3, -0.25) is 4.18 Å². The van der Waals surface area contributed by atoms with E-state index in [4.69, 9.17) is 8.92 Å². The third-order valence-corrected chi connectivity index (χ3v) is 4.50. The van der Waals surface area contributed by atoms with Gasteiger partial charge in [-0.05, 0) is 43.3 Å². The van der Waals surface area contributed by atoms with Gasteiger partial charge in [0.15, 0.2) is 0 Å². The van der Waals surface area contributed by atoms with Crippen LogP contribution in [0.5, 0.6) is 5.75 Å². The highest BCUT2D eigenvalue weighted by Gasteiger charge is 2.14. The Bertz CT molecular complexity index is 779. The van der Waals surface area contributed by atoms with Crippen LogP contribution >= 0.6 is 0 Å². The maximum atomic E-state index is 12.0. The van der Waals surface area contributed by atoms with Crippen molar-refractivity contribution in [2.75, 3.05) is 20.3 Å². The first-order valence-corrected chi connectivity index (χ1v) is 8.60. The number of rotatable bonds is 7. The molecule has 2 aromatic carbocycles. The van der Waals surface area contributed by atoms with Crippen molar-refractivity contribution in [1.82, 2.24) is 0 Å². The molecular weight excluding hydrogens is 332 g/mol. The molecule has 0 radical (unpaired) electrons. The van der Waals surface area contributed by atoms with Crippen LogP contribution in [0.4, 0.5) is 0 Å². The van der Waals surface area contributed by atoms with E-state index < -0.39 is 16.1 Å². The fourth-order valence-electron chi connectivity index (χ4n) is 1.88. The van der Waals surface area contributed by atoms with Crippen LogP contribution in [0, 0.1) is 6.92 Å². The summed E-state index contributed by atoms with van der Waals surface area (Å²) in [5, 5.41) is 0. The number of carbonyl (C=O) groups is 1. The second-order valence-corrected chi connectivity index (χ2v) is 6.57. The van der Waals surface area contributed by atoms with Gasteiger partial charge in [-0.25, -0.2) is 4.79 Å². The van der Waals surface area contributed by atoms with Gasteiger partial charge in [-0.2, -0.15) is 8.42 Å². The summed E-state index contributed by atoms with van der Waals surface area (Å²) in [7, 11) is -2.49. The van der Waals surface area contributed by atoms with E-state index in [-0.39, 0.29) is 18.1 Å². The standard InChI is InChI=1S/C17H18O6S/c1-13-3-9-16(10-4-13)24(19,20)23-12-11-22-15-7-5-14(6-8-15)17(18)21-2/h3-10H,11-12H2,1-2H3. The van der Waals surface area contributed by atoms with Crippen molar-refractivity contribution >= 4 is 16.1 Å². The molecule has 0 unspecified atom stereocenters. The summed E-state index contributed by atoms with van der Waals surface area (Å²) < 4.78 is 38.9. The fourth-order valence-corrected chi connectivity index (χ4v) is 2.77. The molecule has 0 spiro atoms. The lowest BCUT2D eigenvalue weighted by atomic mass is 10.2. The van der Waals surface area contributed by atoms with Gasteiger partial charge in [0.2, 0.25) is 0 Å². The Morgan fingerprint density at radius 1 is 0.958 bits per heavy atom. The lowest BCUT2D eigenvalue weighted by molar-refractivity contribution is 0.0600. The lowest BCUT2D eigenvalue weighted by Crippen LogP contribution is -2.13. The molecule has 0 aliphatic heterocycles. The summed E-state index contributed by atoms with van der Waals surface area (Å²) in [5.74, 6) is 0.0630. The van der Waals surface area contributed by atoms with Crippen LogP contribution in [0.3, 0.4) is 0 Å². The van der Waals surface area contributed by atoms with E-state index in [2.05, 4.69) is 4.74 Å². The van der Waals surface area contributed by atoms with Gasteiger partial charge in [0.1, 0.15) is 19.0 Å². The molecule has 0 aliphatic carbocycles. The van der Waals surface area contributed by atoms with Crippen LogP contribution in [0.15, 0.2) is 53.4 Å². The zero-order valence-electron chi connectivity index (χ0n) is 13.4. The first-order valence-electron chi connectivity index (χ1n) is 7.19. The molecular formula is C17H18O6S. The first-order chi connectivity index (χ1) is 11.4. The summed E-state index contributed by atoms with van der Waals surface area (Å²) in [6.07, 6.45) is 0. The maximum Gasteiger partial charge on any atom is 0.337 e. The number of methoxy groups -OCH3 is 1. The minimum atomic E-state index is -3.79. The maximum absolute atomic E-state index is 12.0. The summed E-state index contributed by atoms with van der Waals surface area (Å²) in [6, 6.07) is 12.7. The molecule has 0 heterocycles. The second-order valence-electron chi connectivity index (χ2n) is 4.95. The van der Waals surface area contributed by atoms with Crippen molar-refractivity contribution in [3.05, 3.63) is 59.7 Å². The minimum absolute atomic E-state index is 0.0582. The van der Waals surface area contributed by atoms with E-state index in [1.54, 1.807) is 36.4 Å². The van der Waals surface area contributed by atoms with Crippen molar-refractivity contribution in [2.24, 2.45) is 0 Å². The Balaban J connectivity index is 1.84. The molecule has 2 aromatic rings. The molecule has 24 heavy (non-hydrogen) atoms. The second kappa shape index (κ2) is 7.94. The summed E-state index contributed by atoms with van der Waals surface area (Å²) in [5.41, 5.74) is 1.37. The van der Waals surface area contributed by atoms with Crippen molar-refractivity contribution in [1.29, 1.82) is 0 Å². The van der Waals surface area contributed by atoms with Crippen LogP contribution in [-0.4, -0.2) is 34.7 Å². The molecule has 0 amide bonds. The van der Waals surface area contributed by atoms with E-state index in [0.717, 1.165) is 5.56 Å². The highest BCUT2D eigenvalue weighted by Crippen LogP contribution is 2.15. The zero-order chi connectivity index (χ0) is 17.6. The SMILES string of the molecule is COC(=O)c1ccc(OCCOS(=O)(=O)c2ccc(C)cc2)cc1. The molecule has 0 atom stereocenters. The average Bonchev–Trinajstić information content (AvgIpc) is 2.59. The Labute approximate surface area is 141 Å². The zero-order valence-corrected chi connectivity index (χ0v) is 14.2. The van der Waals surface area contributed by atoms with Gasteiger partial charge in [0.25, 0.3) is 10.1 Å². The van der Waals surface area contributed by atoms with Gasteiger partial charge < -0.3 is 9.47 Å². The molecule has 0 bridgehead atoms. The highest BCUT2D eigenvalue weighted by molar-refractivity contribution is 7.86. The lowest BCUT2D eigenvalue weighted by Gasteiger charge is -2.08. The third kappa shape index (κ3) is 4.81. The molecule has 0 aliphatic rings. The van der Waals surface area contributed by atoms with E-state index in [1.807, 2.05) is 6.92 Å². The molecule has 0 aromatic heterocycles.